The van der Waals surface area contributed by atoms with Gasteiger partial charge in [0, 0.05) is 0 Å². The first kappa shape index (κ1) is 5.06. The molecule has 0 spiro atoms. The number of thiophene rings is 1. The van der Waals surface area contributed by atoms with E-state index >= 15 is 0 Å². The number of hydrogen-bond donors (Lipinski definition) is 0. The van der Waals surface area contributed by atoms with Gasteiger partial charge >= 0.3 is 0 Å². The van der Waals surface area contributed by atoms with Gasteiger partial charge in [0.25, 0.3) is 0 Å². The summed E-state index contributed by atoms with van der Waals surface area (Å²) >= 11 is 1.88. The average Bonchev–Trinajstić information content (AvgIpc) is 2.14. The van der Waals surface area contributed by atoms with Crippen LogP contribution in [0.2, 0.25) is 6.55 Å². The van der Waals surface area contributed by atoms with Gasteiger partial charge < -0.3 is 0 Å². The lowest BCUT2D eigenvalue weighted by molar-refractivity contribution is 2.06. The Morgan fingerprint density at radius 2 is 2.57 bits per heavy atom. The van der Waals surface area contributed by atoms with Crippen LogP contribution in [0.1, 0.15) is 0 Å². The van der Waals surface area contributed by atoms with Crippen LogP contribution in [0, 0.1) is 0 Å². The van der Waals surface area contributed by atoms with Crippen LogP contribution in [0.3, 0.4) is 0 Å². The highest BCUT2D eigenvalue weighted by molar-refractivity contribution is 7.19. The predicted octanol–water partition coefficient (Wildman–Crippen LogP) is 0.590. The quantitative estimate of drug-likeness (QED) is 0.486. The molecule has 1 aromatic heterocycles. The maximum atomic E-state index is 2.31. The van der Waals surface area contributed by atoms with Gasteiger partial charge in [-0.25, -0.2) is 0 Å². The van der Waals surface area contributed by atoms with E-state index in [-0.39, 0.29) is 9.52 Å². The standard InChI is InChI=1S/C5H8SSi/c1-7-5-3-2-4-6-5/h2-4H,7H2,1H3. The van der Waals surface area contributed by atoms with Crippen molar-refractivity contribution >= 4 is 25.4 Å². The minimum Gasteiger partial charge on any atom is -0.154 e. The Morgan fingerprint density at radius 1 is 1.71 bits per heavy atom. The molecule has 0 saturated carbocycles. The zero-order valence-electron chi connectivity index (χ0n) is 4.35. The van der Waals surface area contributed by atoms with Crippen LogP contribution in [0.15, 0.2) is 17.5 Å². The number of rotatable bonds is 1. The summed E-state index contributed by atoms with van der Waals surface area (Å²) in [6.45, 7) is 2.31. The van der Waals surface area contributed by atoms with Gasteiger partial charge in [0.05, 0.1) is 9.52 Å². The van der Waals surface area contributed by atoms with E-state index in [1.54, 1.807) is 4.50 Å². The Labute approximate surface area is 50.0 Å². The van der Waals surface area contributed by atoms with Gasteiger partial charge in [0.15, 0.2) is 0 Å². The molecular formula is C5H8SSi. The van der Waals surface area contributed by atoms with Crippen molar-refractivity contribution < 1.29 is 0 Å². The van der Waals surface area contributed by atoms with Crippen LogP contribution in [-0.4, -0.2) is 9.52 Å². The second-order valence-electron chi connectivity index (χ2n) is 1.43. The summed E-state index contributed by atoms with van der Waals surface area (Å²) in [7, 11) is 0.152. The van der Waals surface area contributed by atoms with Gasteiger partial charge in [0.2, 0.25) is 0 Å². The normalized spacial score (nSPS) is 11.0. The molecule has 0 nitrogen and oxygen atoms in total. The van der Waals surface area contributed by atoms with Crippen LogP contribution < -0.4 is 4.50 Å². The zero-order valence-corrected chi connectivity index (χ0v) is 6.58. The van der Waals surface area contributed by atoms with E-state index in [0.717, 1.165) is 0 Å². The molecule has 38 valence electrons. The summed E-state index contributed by atoms with van der Waals surface area (Å²) in [5.41, 5.74) is 0. The van der Waals surface area contributed by atoms with Crippen molar-refractivity contribution in [1.29, 1.82) is 0 Å². The molecule has 0 aromatic carbocycles. The van der Waals surface area contributed by atoms with E-state index in [4.69, 9.17) is 0 Å². The Bertz CT molecular complexity index is 123. The lowest BCUT2D eigenvalue weighted by Crippen LogP contribution is -2.01. The Hall–Kier alpha value is -0.0831. The minimum atomic E-state index is 0.152. The summed E-state index contributed by atoms with van der Waals surface area (Å²) in [5, 5.41) is 2.14. The molecule has 1 aromatic rings. The minimum absolute atomic E-state index is 0.152. The Kier molecular flexibility index (Phi) is 1.65. The van der Waals surface area contributed by atoms with Gasteiger partial charge in [0.1, 0.15) is 0 Å². The molecule has 0 amide bonds. The molecule has 0 aliphatic heterocycles. The molecular weight excluding hydrogens is 120 g/mol. The lowest BCUT2D eigenvalue weighted by Gasteiger charge is -1.77. The first-order chi connectivity index (χ1) is 3.43. The molecule has 1 rings (SSSR count). The molecule has 0 unspecified atom stereocenters. The zero-order chi connectivity index (χ0) is 5.11. The molecule has 0 saturated heterocycles. The molecule has 1 heterocycles. The molecule has 0 fully saturated rings. The summed E-state index contributed by atoms with van der Waals surface area (Å²) in [4.78, 5) is 0. The fourth-order valence-electron chi connectivity index (χ4n) is 0.514. The molecule has 0 radical (unpaired) electrons. The van der Waals surface area contributed by atoms with Crippen molar-refractivity contribution in [3.63, 3.8) is 0 Å². The van der Waals surface area contributed by atoms with Crippen LogP contribution in [0.4, 0.5) is 0 Å². The van der Waals surface area contributed by atoms with Gasteiger partial charge in [-0.05, 0) is 9.88 Å². The largest absolute Gasteiger partial charge is 0.154 e. The van der Waals surface area contributed by atoms with E-state index < -0.39 is 0 Å². The second-order valence-corrected chi connectivity index (χ2v) is 4.45. The predicted molar refractivity (Wildman–Crippen MR) is 38.4 cm³/mol. The highest BCUT2D eigenvalue weighted by Gasteiger charge is 1.83. The SMILES string of the molecule is C[SiH2]c1cccs1. The highest BCUT2D eigenvalue weighted by Crippen LogP contribution is 1.89. The van der Waals surface area contributed by atoms with Gasteiger partial charge in [-0.1, -0.05) is 18.7 Å². The van der Waals surface area contributed by atoms with Crippen molar-refractivity contribution in [1.82, 2.24) is 0 Å². The van der Waals surface area contributed by atoms with E-state index in [0.29, 0.717) is 0 Å². The third-order valence-electron chi connectivity index (χ3n) is 0.929. The molecule has 0 N–H and O–H groups in total. The lowest BCUT2D eigenvalue weighted by atomic mass is 10.7. The van der Waals surface area contributed by atoms with Crippen molar-refractivity contribution in [3.8, 4) is 0 Å². The van der Waals surface area contributed by atoms with Crippen LogP contribution >= 0.6 is 11.3 Å². The summed E-state index contributed by atoms with van der Waals surface area (Å²) in [5.74, 6) is 0. The van der Waals surface area contributed by atoms with Crippen molar-refractivity contribution in [2.45, 2.75) is 6.55 Å². The van der Waals surface area contributed by atoms with E-state index in [9.17, 15) is 0 Å². The molecule has 0 bridgehead atoms. The van der Waals surface area contributed by atoms with Crippen molar-refractivity contribution in [2.75, 3.05) is 0 Å². The Balaban J connectivity index is 2.76. The van der Waals surface area contributed by atoms with E-state index in [1.807, 2.05) is 11.3 Å². The first-order valence-electron chi connectivity index (χ1n) is 2.46. The monoisotopic (exact) mass is 128 g/mol. The van der Waals surface area contributed by atoms with E-state index in [2.05, 4.69) is 24.1 Å². The van der Waals surface area contributed by atoms with Gasteiger partial charge in [-0.3, -0.25) is 0 Å². The molecule has 2 heteroatoms. The highest BCUT2D eigenvalue weighted by atomic mass is 32.1. The van der Waals surface area contributed by atoms with Crippen LogP contribution in [0.5, 0.6) is 0 Å². The molecule has 0 aliphatic rings. The molecule has 0 atom stereocenters. The fourth-order valence-corrected chi connectivity index (χ4v) is 2.33. The van der Waals surface area contributed by atoms with Gasteiger partial charge in [-0.15, -0.1) is 0 Å². The topological polar surface area (TPSA) is 0 Å². The summed E-state index contributed by atoms with van der Waals surface area (Å²) in [6.07, 6.45) is 0. The first-order valence-corrected chi connectivity index (χ1v) is 5.46. The Morgan fingerprint density at radius 3 is 2.86 bits per heavy atom. The summed E-state index contributed by atoms with van der Waals surface area (Å²) < 4.78 is 1.61. The fraction of sp³-hybridized carbons (Fsp3) is 0.200. The maximum Gasteiger partial charge on any atom is 0.0645 e. The second kappa shape index (κ2) is 2.28. The molecule has 0 aliphatic carbocycles. The maximum absolute atomic E-state index is 2.31. The van der Waals surface area contributed by atoms with Crippen molar-refractivity contribution in [2.24, 2.45) is 0 Å². The van der Waals surface area contributed by atoms with Crippen LogP contribution in [0.25, 0.3) is 0 Å². The molecule has 7 heavy (non-hydrogen) atoms. The van der Waals surface area contributed by atoms with E-state index in [1.165, 1.54) is 0 Å². The van der Waals surface area contributed by atoms with Crippen molar-refractivity contribution in [3.05, 3.63) is 17.5 Å². The third-order valence-corrected chi connectivity index (χ3v) is 3.96. The third kappa shape index (κ3) is 1.14. The van der Waals surface area contributed by atoms with Gasteiger partial charge in [-0.2, -0.15) is 11.3 Å². The summed E-state index contributed by atoms with van der Waals surface area (Å²) in [6, 6.07) is 4.34. The number of hydrogen-bond acceptors (Lipinski definition) is 1. The average molecular weight is 128 g/mol. The van der Waals surface area contributed by atoms with Crippen LogP contribution in [-0.2, 0) is 0 Å². The smallest absolute Gasteiger partial charge is 0.0645 e.